The minimum atomic E-state index is 0.178. The average molecular weight is 237 g/mol. The zero-order valence-electron chi connectivity index (χ0n) is 8.80. The molecule has 0 saturated heterocycles. The van der Waals surface area contributed by atoms with Crippen LogP contribution in [0.15, 0.2) is 11.8 Å². The molecule has 0 bridgehead atoms. The third-order valence-corrected chi connectivity index (χ3v) is 3.58. The van der Waals surface area contributed by atoms with Crippen molar-refractivity contribution in [2.75, 3.05) is 6.61 Å². The normalized spacial score (nSPS) is 32.4. The van der Waals surface area contributed by atoms with Crippen LogP contribution >= 0.6 is 23.2 Å². The van der Waals surface area contributed by atoms with E-state index in [9.17, 15) is 0 Å². The summed E-state index contributed by atoms with van der Waals surface area (Å²) in [5, 5.41) is 0.355. The van der Waals surface area contributed by atoms with Crippen LogP contribution in [-0.2, 0) is 4.74 Å². The van der Waals surface area contributed by atoms with Crippen molar-refractivity contribution in [3.63, 3.8) is 0 Å². The minimum Gasteiger partial charge on any atom is -0.501 e. The van der Waals surface area contributed by atoms with Crippen LogP contribution in [0.3, 0.4) is 0 Å². The summed E-state index contributed by atoms with van der Waals surface area (Å²) < 4.78 is 5.44. The first-order chi connectivity index (χ1) is 6.61. The number of alkyl halides is 2. The summed E-state index contributed by atoms with van der Waals surface area (Å²) in [7, 11) is 0. The maximum Gasteiger partial charge on any atom is 0.0929 e. The summed E-state index contributed by atoms with van der Waals surface area (Å²) in [4.78, 5) is 0. The van der Waals surface area contributed by atoms with Gasteiger partial charge < -0.3 is 4.74 Å². The quantitative estimate of drug-likeness (QED) is 0.533. The molecule has 1 aliphatic rings. The molecule has 0 heterocycles. The Bertz CT molecular complexity index is 189. The summed E-state index contributed by atoms with van der Waals surface area (Å²) >= 11 is 12.4. The second kappa shape index (κ2) is 5.87. The van der Waals surface area contributed by atoms with Gasteiger partial charge in [-0.05, 0) is 32.3 Å². The molecule has 14 heavy (non-hydrogen) atoms. The molecule has 1 rings (SSSR count). The van der Waals surface area contributed by atoms with Crippen LogP contribution in [0.2, 0.25) is 0 Å². The Morgan fingerprint density at radius 1 is 1.29 bits per heavy atom. The van der Waals surface area contributed by atoms with Crippen LogP contribution in [0.1, 0.15) is 33.1 Å². The number of rotatable bonds is 3. The molecule has 0 spiro atoms. The van der Waals surface area contributed by atoms with E-state index in [1.165, 1.54) is 0 Å². The summed E-state index contributed by atoms with van der Waals surface area (Å²) in [6.45, 7) is 4.67. The van der Waals surface area contributed by atoms with Gasteiger partial charge in [0.25, 0.3) is 0 Å². The molecule has 2 unspecified atom stereocenters. The van der Waals surface area contributed by atoms with Gasteiger partial charge in [0.15, 0.2) is 0 Å². The van der Waals surface area contributed by atoms with E-state index >= 15 is 0 Å². The van der Waals surface area contributed by atoms with Crippen molar-refractivity contribution in [1.29, 1.82) is 0 Å². The van der Waals surface area contributed by atoms with Crippen molar-refractivity contribution >= 4 is 23.2 Å². The molecule has 2 atom stereocenters. The fraction of sp³-hybridized carbons (Fsp3) is 0.818. The first-order valence-corrected chi connectivity index (χ1v) is 6.01. The molecule has 0 aromatic carbocycles. The van der Waals surface area contributed by atoms with Crippen LogP contribution in [-0.4, -0.2) is 17.4 Å². The molecule has 1 nitrogen and oxygen atoms in total. The van der Waals surface area contributed by atoms with Gasteiger partial charge in [0, 0.05) is 16.7 Å². The lowest BCUT2D eigenvalue weighted by Crippen LogP contribution is -2.32. The molecule has 1 fully saturated rings. The van der Waals surface area contributed by atoms with Crippen molar-refractivity contribution in [2.24, 2.45) is 5.92 Å². The molecule has 1 aliphatic carbocycles. The highest BCUT2D eigenvalue weighted by Crippen LogP contribution is 2.32. The van der Waals surface area contributed by atoms with Crippen molar-refractivity contribution in [3.8, 4) is 0 Å². The Labute approximate surface area is 96.4 Å². The van der Waals surface area contributed by atoms with E-state index in [2.05, 4.69) is 0 Å². The fourth-order valence-corrected chi connectivity index (χ4v) is 2.58. The largest absolute Gasteiger partial charge is 0.501 e. The zero-order chi connectivity index (χ0) is 10.6. The molecule has 0 N–H and O–H groups in total. The number of ether oxygens (including phenoxy) is 1. The molecule has 82 valence electrons. The van der Waals surface area contributed by atoms with Crippen molar-refractivity contribution in [1.82, 2.24) is 0 Å². The van der Waals surface area contributed by atoms with Crippen molar-refractivity contribution in [3.05, 3.63) is 11.8 Å². The second-order valence-corrected chi connectivity index (χ2v) is 5.28. The van der Waals surface area contributed by atoms with Crippen LogP contribution in [0.5, 0.6) is 0 Å². The molecule has 3 heteroatoms. The Kier molecular flexibility index (Phi) is 5.11. The lowest BCUT2D eigenvalue weighted by Gasteiger charge is -2.30. The average Bonchev–Trinajstić information content (AvgIpc) is 2.09. The number of hydrogen-bond acceptors (Lipinski definition) is 1. The first kappa shape index (κ1) is 12.2. The second-order valence-electron chi connectivity index (χ2n) is 4.16. The van der Waals surface area contributed by atoms with Gasteiger partial charge in [0.05, 0.1) is 12.9 Å². The first-order valence-electron chi connectivity index (χ1n) is 5.14. The number of halogens is 2. The Hall–Kier alpha value is 0.120. The highest BCUT2D eigenvalue weighted by Gasteiger charge is 2.31. The van der Waals surface area contributed by atoms with Gasteiger partial charge in [0.2, 0.25) is 0 Å². The monoisotopic (exact) mass is 236 g/mol. The third kappa shape index (κ3) is 3.70. The predicted octanol–water partition coefficient (Wildman–Crippen LogP) is 3.94. The molecular weight excluding hydrogens is 219 g/mol. The standard InChI is InChI=1S/C11H18Cl2O/c1-8(2)6-14-7-9-10(12)4-3-5-11(9)13/h6,9-11H,3-5,7H2,1-2H3. The van der Waals surface area contributed by atoms with Crippen molar-refractivity contribution in [2.45, 2.75) is 43.9 Å². The SMILES string of the molecule is CC(C)=COCC1C(Cl)CCCC1Cl. The lowest BCUT2D eigenvalue weighted by molar-refractivity contribution is 0.169. The summed E-state index contributed by atoms with van der Waals surface area (Å²) in [5.41, 5.74) is 1.16. The molecule has 0 radical (unpaired) electrons. The maximum atomic E-state index is 6.21. The van der Waals surface area contributed by atoms with Crippen LogP contribution < -0.4 is 0 Å². The molecule has 1 saturated carbocycles. The highest BCUT2D eigenvalue weighted by atomic mass is 35.5. The predicted molar refractivity (Wildman–Crippen MR) is 62.0 cm³/mol. The third-order valence-electron chi connectivity index (χ3n) is 2.50. The number of hydrogen-bond donors (Lipinski definition) is 0. The van der Waals surface area contributed by atoms with E-state index in [1.807, 2.05) is 13.8 Å². The smallest absolute Gasteiger partial charge is 0.0929 e. The van der Waals surface area contributed by atoms with Crippen LogP contribution in [0.4, 0.5) is 0 Å². The lowest BCUT2D eigenvalue weighted by atomic mass is 9.89. The van der Waals surface area contributed by atoms with E-state index in [-0.39, 0.29) is 10.8 Å². The molecule has 0 aromatic rings. The summed E-state index contributed by atoms with van der Waals surface area (Å²) in [6.07, 6.45) is 5.05. The molecule has 0 aromatic heterocycles. The minimum absolute atomic E-state index is 0.178. The maximum absolute atomic E-state index is 6.21. The van der Waals surface area contributed by atoms with Gasteiger partial charge >= 0.3 is 0 Å². The molecular formula is C11H18Cl2O. The summed E-state index contributed by atoms with van der Waals surface area (Å²) in [6, 6.07) is 0. The van der Waals surface area contributed by atoms with Gasteiger partial charge in [-0.1, -0.05) is 6.42 Å². The van der Waals surface area contributed by atoms with Gasteiger partial charge in [0.1, 0.15) is 0 Å². The topological polar surface area (TPSA) is 9.23 Å². The zero-order valence-corrected chi connectivity index (χ0v) is 10.3. The van der Waals surface area contributed by atoms with E-state index in [4.69, 9.17) is 27.9 Å². The van der Waals surface area contributed by atoms with Gasteiger partial charge in [-0.25, -0.2) is 0 Å². The van der Waals surface area contributed by atoms with Gasteiger partial charge in [-0.15, -0.1) is 23.2 Å². The van der Waals surface area contributed by atoms with E-state index in [0.717, 1.165) is 24.8 Å². The number of allylic oxidation sites excluding steroid dienone is 1. The summed E-state index contributed by atoms with van der Waals surface area (Å²) in [5.74, 6) is 0.294. The Morgan fingerprint density at radius 2 is 1.86 bits per heavy atom. The van der Waals surface area contributed by atoms with Crippen LogP contribution in [0.25, 0.3) is 0 Å². The highest BCUT2D eigenvalue weighted by molar-refractivity contribution is 6.24. The van der Waals surface area contributed by atoms with E-state index < -0.39 is 0 Å². The van der Waals surface area contributed by atoms with E-state index in [0.29, 0.717) is 12.5 Å². The molecule has 0 amide bonds. The van der Waals surface area contributed by atoms with Gasteiger partial charge in [-0.3, -0.25) is 0 Å². The van der Waals surface area contributed by atoms with Crippen LogP contribution in [0, 0.1) is 5.92 Å². The molecule has 0 aliphatic heterocycles. The Morgan fingerprint density at radius 3 is 2.36 bits per heavy atom. The van der Waals surface area contributed by atoms with Gasteiger partial charge in [-0.2, -0.15) is 0 Å². The van der Waals surface area contributed by atoms with Crippen molar-refractivity contribution < 1.29 is 4.74 Å². The van der Waals surface area contributed by atoms with E-state index in [1.54, 1.807) is 6.26 Å². The Balaban J connectivity index is 2.36. The fourth-order valence-electron chi connectivity index (χ4n) is 1.70.